The fraction of sp³-hybridized carbons (Fsp3) is 0.647. The van der Waals surface area contributed by atoms with Crippen molar-refractivity contribution in [3.63, 3.8) is 0 Å². The highest BCUT2D eigenvalue weighted by Gasteiger charge is 2.40. The molecule has 1 aromatic rings. The van der Waals surface area contributed by atoms with Crippen molar-refractivity contribution in [3.05, 3.63) is 29.3 Å². The van der Waals surface area contributed by atoms with E-state index in [1.54, 1.807) is 0 Å². The smallest absolute Gasteiger partial charge is 0.127 e. The number of nitrogens with two attached hydrogens (primary N) is 1. The van der Waals surface area contributed by atoms with Crippen molar-refractivity contribution in [1.29, 1.82) is 0 Å². The lowest BCUT2D eigenvalue weighted by Gasteiger charge is -2.43. The number of ether oxygens (including phenoxy) is 1. The third kappa shape index (κ3) is 2.16. The Morgan fingerprint density at radius 2 is 2.16 bits per heavy atom. The molecule has 1 aliphatic carbocycles. The van der Waals surface area contributed by atoms with Gasteiger partial charge in [0.15, 0.2) is 0 Å². The summed E-state index contributed by atoms with van der Waals surface area (Å²) in [5.74, 6) is 2.41. The van der Waals surface area contributed by atoms with E-state index in [-0.39, 0.29) is 5.54 Å². The van der Waals surface area contributed by atoms with E-state index in [0.717, 1.165) is 37.5 Å². The van der Waals surface area contributed by atoms with Crippen molar-refractivity contribution in [2.24, 2.45) is 17.6 Å². The molecule has 19 heavy (non-hydrogen) atoms. The van der Waals surface area contributed by atoms with Crippen molar-refractivity contribution in [3.8, 4) is 5.75 Å². The van der Waals surface area contributed by atoms with Gasteiger partial charge in [0, 0.05) is 11.1 Å². The van der Waals surface area contributed by atoms with Gasteiger partial charge in [0.25, 0.3) is 0 Å². The molecule has 2 nitrogen and oxygen atoms in total. The minimum absolute atomic E-state index is 0.199. The molecule has 3 atom stereocenters. The Bertz CT molecular complexity index is 470. The summed E-state index contributed by atoms with van der Waals surface area (Å²) in [4.78, 5) is 0. The molecular weight excluding hydrogens is 234 g/mol. The van der Waals surface area contributed by atoms with Gasteiger partial charge in [-0.25, -0.2) is 0 Å². The van der Waals surface area contributed by atoms with E-state index in [0.29, 0.717) is 5.92 Å². The molecule has 3 unspecified atom stereocenters. The molecule has 2 heteroatoms. The number of rotatable bonds is 1. The van der Waals surface area contributed by atoms with Crippen LogP contribution in [0.15, 0.2) is 18.2 Å². The fourth-order valence-corrected chi connectivity index (χ4v) is 3.82. The van der Waals surface area contributed by atoms with Gasteiger partial charge < -0.3 is 10.5 Å². The molecule has 0 saturated heterocycles. The van der Waals surface area contributed by atoms with Gasteiger partial charge in [0.1, 0.15) is 5.75 Å². The molecule has 1 aromatic carbocycles. The Labute approximate surface area is 116 Å². The van der Waals surface area contributed by atoms with Gasteiger partial charge in [-0.05, 0) is 49.5 Å². The Hall–Kier alpha value is -1.02. The summed E-state index contributed by atoms with van der Waals surface area (Å²) in [6.45, 7) is 5.48. The SMILES string of the molecule is CC1CCC(N)(c2cccc3c2OCCC3)C(C)C1. The predicted octanol–water partition coefficient (Wildman–Crippen LogP) is 3.62. The zero-order valence-corrected chi connectivity index (χ0v) is 12.1. The first-order chi connectivity index (χ1) is 9.11. The Morgan fingerprint density at radius 3 is 2.95 bits per heavy atom. The fourth-order valence-electron chi connectivity index (χ4n) is 3.82. The molecule has 0 radical (unpaired) electrons. The van der Waals surface area contributed by atoms with Crippen LogP contribution in [0.4, 0.5) is 0 Å². The van der Waals surface area contributed by atoms with Crippen LogP contribution in [0, 0.1) is 11.8 Å². The summed E-state index contributed by atoms with van der Waals surface area (Å²) < 4.78 is 5.97. The normalized spacial score (nSPS) is 34.5. The molecule has 0 bridgehead atoms. The zero-order valence-electron chi connectivity index (χ0n) is 12.1. The molecule has 0 aromatic heterocycles. The Morgan fingerprint density at radius 1 is 1.32 bits per heavy atom. The van der Waals surface area contributed by atoms with Gasteiger partial charge in [0.05, 0.1) is 6.61 Å². The monoisotopic (exact) mass is 259 g/mol. The first-order valence-corrected chi connectivity index (χ1v) is 7.65. The van der Waals surface area contributed by atoms with Gasteiger partial charge in [-0.15, -0.1) is 0 Å². The van der Waals surface area contributed by atoms with Crippen LogP contribution in [0.1, 0.15) is 50.7 Å². The van der Waals surface area contributed by atoms with Gasteiger partial charge in [-0.2, -0.15) is 0 Å². The van der Waals surface area contributed by atoms with Crippen molar-refractivity contribution in [2.75, 3.05) is 6.61 Å². The van der Waals surface area contributed by atoms with E-state index < -0.39 is 0 Å². The van der Waals surface area contributed by atoms with E-state index in [1.165, 1.54) is 24.0 Å². The highest BCUT2D eigenvalue weighted by atomic mass is 16.5. The third-order valence-electron chi connectivity index (χ3n) is 5.12. The van der Waals surface area contributed by atoms with Crippen LogP contribution in [0.5, 0.6) is 5.75 Å². The molecule has 1 fully saturated rings. The average Bonchev–Trinajstić information content (AvgIpc) is 2.43. The summed E-state index contributed by atoms with van der Waals surface area (Å²) >= 11 is 0. The van der Waals surface area contributed by atoms with Crippen LogP contribution >= 0.6 is 0 Å². The van der Waals surface area contributed by atoms with Crippen LogP contribution < -0.4 is 10.5 Å². The first-order valence-electron chi connectivity index (χ1n) is 7.65. The average molecular weight is 259 g/mol. The minimum atomic E-state index is -0.199. The Kier molecular flexibility index (Phi) is 3.30. The lowest BCUT2D eigenvalue weighted by Crippen LogP contribution is -2.47. The lowest BCUT2D eigenvalue weighted by molar-refractivity contribution is 0.157. The lowest BCUT2D eigenvalue weighted by atomic mass is 9.67. The molecule has 2 N–H and O–H groups in total. The maximum absolute atomic E-state index is 6.83. The maximum atomic E-state index is 6.83. The van der Waals surface area contributed by atoms with Crippen LogP contribution in [0.3, 0.4) is 0 Å². The highest BCUT2D eigenvalue weighted by Crippen LogP contribution is 2.46. The topological polar surface area (TPSA) is 35.2 Å². The van der Waals surface area contributed by atoms with E-state index in [9.17, 15) is 0 Å². The van der Waals surface area contributed by atoms with E-state index in [1.807, 2.05) is 0 Å². The molecule has 1 saturated carbocycles. The largest absolute Gasteiger partial charge is 0.493 e. The molecular formula is C17H25NO. The molecule has 0 spiro atoms. The highest BCUT2D eigenvalue weighted by molar-refractivity contribution is 5.47. The summed E-state index contributed by atoms with van der Waals surface area (Å²) in [7, 11) is 0. The molecule has 1 heterocycles. The summed E-state index contributed by atoms with van der Waals surface area (Å²) in [6, 6.07) is 6.54. The number of benzene rings is 1. The van der Waals surface area contributed by atoms with Crippen LogP contribution in [-0.2, 0) is 12.0 Å². The van der Waals surface area contributed by atoms with E-state index in [4.69, 9.17) is 10.5 Å². The van der Waals surface area contributed by atoms with Gasteiger partial charge in [-0.3, -0.25) is 0 Å². The van der Waals surface area contributed by atoms with Crippen molar-refractivity contribution in [2.45, 2.75) is 51.5 Å². The summed E-state index contributed by atoms with van der Waals surface area (Å²) in [5.41, 5.74) is 9.23. The second kappa shape index (κ2) is 4.82. The van der Waals surface area contributed by atoms with Crippen LogP contribution in [-0.4, -0.2) is 6.61 Å². The molecule has 2 aliphatic rings. The Balaban J connectivity index is 2.01. The number of aryl methyl sites for hydroxylation is 1. The number of hydrogen-bond donors (Lipinski definition) is 1. The van der Waals surface area contributed by atoms with Crippen molar-refractivity contribution in [1.82, 2.24) is 0 Å². The van der Waals surface area contributed by atoms with Gasteiger partial charge >= 0.3 is 0 Å². The van der Waals surface area contributed by atoms with E-state index >= 15 is 0 Å². The maximum Gasteiger partial charge on any atom is 0.127 e. The molecule has 104 valence electrons. The molecule has 3 rings (SSSR count). The number of hydrogen-bond acceptors (Lipinski definition) is 2. The summed E-state index contributed by atoms with van der Waals surface area (Å²) in [5, 5.41) is 0. The quantitative estimate of drug-likeness (QED) is 0.836. The van der Waals surface area contributed by atoms with Crippen LogP contribution in [0.2, 0.25) is 0 Å². The number of para-hydroxylation sites is 1. The second-order valence-corrected chi connectivity index (χ2v) is 6.57. The zero-order chi connectivity index (χ0) is 13.5. The second-order valence-electron chi connectivity index (χ2n) is 6.57. The first kappa shape index (κ1) is 13.0. The minimum Gasteiger partial charge on any atom is -0.493 e. The molecule has 1 aliphatic heterocycles. The summed E-state index contributed by atoms with van der Waals surface area (Å²) in [6.07, 6.45) is 5.78. The third-order valence-corrected chi connectivity index (χ3v) is 5.12. The molecule has 0 amide bonds. The van der Waals surface area contributed by atoms with Gasteiger partial charge in [0.2, 0.25) is 0 Å². The van der Waals surface area contributed by atoms with Crippen LogP contribution in [0.25, 0.3) is 0 Å². The van der Waals surface area contributed by atoms with Crippen molar-refractivity contribution < 1.29 is 4.74 Å². The van der Waals surface area contributed by atoms with Crippen molar-refractivity contribution >= 4 is 0 Å². The standard InChI is InChI=1S/C17H25NO/c1-12-8-9-17(18,13(2)11-12)15-7-3-5-14-6-4-10-19-16(14)15/h3,5,7,12-13H,4,6,8-11,18H2,1-2H3. The number of fused-ring (bicyclic) bond motifs is 1. The van der Waals surface area contributed by atoms with Gasteiger partial charge in [-0.1, -0.05) is 32.0 Å². The predicted molar refractivity (Wildman–Crippen MR) is 78.3 cm³/mol. The van der Waals surface area contributed by atoms with E-state index in [2.05, 4.69) is 32.0 Å².